The monoisotopic (exact) mass is 173 g/mol. The lowest BCUT2D eigenvalue weighted by atomic mass is 9.79. The molecule has 4 atom stereocenters. The molecule has 2 fully saturated rings. The van der Waals surface area contributed by atoms with E-state index in [-0.39, 0.29) is 0 Å². The fraction of sp³-hybridized carbons (Fsp3) is 0.545. The maximum Gasteiger partial charge on any atom is 0.225 e. The lowest BCUT2D eigenvalue weighted by Crippen LogP contribution is -2.61. The van der Waals surface area contributed by atoms with Crippen LogP contribution in [0.5, 0.6) is 0 Å². The Morgan fingerprint density at radius 2 is 1.77 bits per heavy atom. The van der Waals surface area contributed by atoms with Gasteiger partial charge in [0.15, 0.2) is 0 Å². The van der Waals surface area contributed by atoms with Crippen molar-refractivity contribution in [3.8, 4) is 0 Å². The summed E-state index contributed by atoms with van der Waals surface area (Å²) >= 11 is 0. The largest absolute Gasteiger partial charge is 0.351 e. The lowest BCUT2D eigenvalue weighted by Gasteiger charge is -2.39. The second-order valence-electron chi connectivity index (χ2n) is 4.64. The van der Waals surface area contributed by atoms with E-state index >= 15 is 0 Å². The van der Waals surface area contributed by atoms with Crippen LogP contribution < -0.4 is 5.32 Å². The molecule has 1 saturated heterocycles. The average Bonchev–Trinajstić information content (AvgIpc) is 2.79. The summed E-state index contributed by atoms with van der Waals surface area (Å²) in [6.45, 7) is 0. The Hall–Kier alpha value is -1.05. The molecular weight excluding hydrogens is 162 g/mol. The van der Waals surface area contributed by atoms with Crippen molar-refractivity contribution >= 4 is 5.91 Å². The van der Waals surface area contributed by atoms with E-state index in [0.29, 0.717) is 41.5 Å². The van der Waals surface area contributed by atoms with Crippen molar-refractivity contribution in [1.29, 1.82) is 0 Å². The molecule has 66 valence electrons. The van der Waals surface area contributed by atoms with Gasteiger partial charge in [-0.3, -0.25) is 4.79 Å². The van der Waals surface area contributed by atoms with Gasteiger partial charge in [0.1, 0.15) is 0 Å². The van der Waals surface area contributed by atoms with Gasteiger partial charge in [-0.1, -0.05) is 24.3 Å². The number of carbonyl (C=O) groups excluding carboxylic acids is 1. The molecule has 0 aromatic carbocycles. The van der Waals surface area contributed by atoms with Crippen LogP contribution in [0.3, 0.4) is 0 Å². The highest BCUT2D eigenvalue weighted by Gasteiger charge is 2.62. The first-order chi connectivity index (χ1) is 6.36. The maximum atomic E-state index is 11.4. The molecule has 13 heavy (non-hydrogen) atoms. The third-order valence-electron chi connectivity index (χ3n) is 4.13. The molecule has 0 spiro atoms. The summed E-state index contributed by atoms with van der Waals surface area (Å²) in [6.07, 6.45) is 9.22. The van der Waals surface area contributed by atoms with E-state index in [1.54, 1.807) is 0 Å². The van der Waals surface area contributed by atoms with Gasteiger partial charge in [-0.15, -0.1) is 0 Å². The van der Waals surface area contributed by atoms with Gasteiger partial charge in [0, 0.05) is 5.92 Å². The molecule has 1 saturated carbocycles. The molecule has 1 heterocycles. The summed E-state index contributed by atoms with van der Waals surface area (Å²) in [4.78, 5) is 11.4. The molecule has 0 aromatic heterocycles. The Balaban J connectivity index is 1.87. The van der Waals surface area contributed by atoms with E-state index in [1.807, 2.05) is 0 Å². The molecule has 4 bridgehead atoms. The zero-order chi connectivity index (χ0) is 8.58. The molecule has 2 nitrogen and oxygen atoms in total. The highest BCUT2D eigenvalue weighted by Crippen LogP contribution is 2.60. The van der Waals surface area contributed by atoms with Gasteiger partial charge in [0.25, 0.3) is 0 Å². The smallest absolute Gasteiger partial charge is 0.225 e. The van der Waals surface area contributed by atoms with Crippen LogP contribution in [0.2, 0.25) is 0 Å². The Morgan fingerprint density at radius 3 is 2.38 bits per heavy atom. The number of hydrogen-bond donors (Lipinski definition) is 1. The molecule has 2 unspecified atom stereocenters. The summed E-state index contributed by atoms with van der Waals surface area (Å²) in [5, 5.41) is 3.03. The summed E-state index contributed by atoms with van der Waals surface area (Å²) in [6, 6.07) is 0.419. The maximum absolute atomic E-state index is 11.4. The van der Waals surface area contributed by atoms with E-state index in [4.69, 9.17) is 0 Å². The zero-order valence-corrected chi connectivity index (χ0v) is 7.18. The van der Waals surface area contributed by atoms with E-state index in [2.05, 4.69) is 29.6 Å². The number of hydrogen-bond acceptors (Lipinski definition) is 1. The van der Waals surface area contributed by atoms with Crippen LogP contribution >= 0.6 is 0 Å². The molecule has 2 heteroatoms. The molecule has 5 rings (SSSR count). The number of β-lactam (4-membered cyclic amide) rings is 1. The van der Waals surface area contributed by atoms with Gasteiger partial charge in [-0.05, 0) is 17.8 Å². The fourth-order valence-electron chi connectivity index (χ4n) is 3.36. The second kappa shape index (κ2) is 1.74. The number of nitrogens with one attached hydrogen (secondary N) is 1. The van der Waals surface area contributed by atoms with E-state index in [1.165, 1.54) is 0 Å². The molecule has 4 aliphatic carbocycles. The Labute approximate surface area is 76.7 Å². The normalized spacial score (nSPS) is 58.9. The van der Waals surface area contributed by atoms with Crippen LogP contribution in [-0.2, 0) is 4.79 Å². The molecule has 0 aromatic rings. The SMILES string of the molecule is O=C1N[C@@H]2C3C=CC4C(C=C3)C4[C@H]12. The first-order valence-electron chi connectivity index (χ1n) is 5.03. The highest BCUT2D eigenvalue weighted by molar-refractivity contribution is 5.87. The topological polar surface area (TPSA) is 29.1 Å². The average molecular weight is 173 g/mol. The lowest BCUT2D eigenvalue weighted by molar-refractivity contribution is -0.137. The van der Waals surface area contributed by atoms with Crippen LogP contribution in [0.1, 0.15) is 0 Å². The van der Waals surface area contributed by atoms with Crippen molar-refractivity contribution in [3.63, 3.8) is 0 Å². The van der Waals surface area contributed by atoms with Crippen molar-refractivity contribution < 1.29 is 4.79 Å². The van der Waals surface area contributed by atoms with Crippen LogP contribution in [0.15, 0.2) is 24.3 Å². The minimum atomic E-state index is 0.292. The van der Waals surface area contributed by atoms with Crippen LogP contribution in [0.25, 0.3) is 0 Å². The van der Waals surface area contributed by atoms with Gasteiger partial charge in [0.05, 0.1) is 12.0 Å². The quantitative estimate of drug-likeness (QED) is 0.424. The molecule has 0 radical (unpaired) electrons. The predicted octanol–water partition coefficient (Wildman–Crippen LogP) is 0.719. The van der Waals surface area contributed by atoms with Crippen molar-refractivity contribution in [2.75, 3.05) is 0 Å². The number of allylic oxidation sites excluding steroid dienone is 2. The van der Waals surface area contributed by atoms with Crippen LogP contribution in [0.4, 0.5) is 0 Å². The third-order valence-corrected chi connectivity index (χ3v) is 4.13. The van der Waals surface area contributed by atoms with Crippen LogP contribution in [-0.4, -0.2) is 11.9 Å². The van der Waals surface area contributed by atoms with Crippen molar-refractivity contribution in [2.24, 2.45) is 29.6 Å². The highest BCUT2D eigenvalue weighted by atomic mass is 16.2. The van der Waals surface area contributed by atoms with E-state index in [9.17, 15) is 4.79 Å². The second-order valence-corrected chi connectivity index (χ2v) is 4.64. The standard InChI is InChI=1S/C11H11NO/c13-11-9-8-6-3-1-5(10(9)12-11)2-4-7(6)8/h1-10H,(H,12,13)/t5?,6?,7?,8?,9-,10+/m0/s1. The van der Waals surface area contributed by atoms with Gasteiger partial charge in [-0.2, -0.15) is 0 Å². The first-order valence-corrected chi connectivity index (χ1v) is 5.03. The summed E-state index contributed by atoms with van der Waals surface area (Å²) < 4.78 is 0. The van der Waals surface area contributed by atoms with Gasteiger partial charge >= 0.3 is 0 Å². The molecule has 1 aliphatic heterocycles. The number of amides is 1. The molecule has 5 aliphatic rings. The van der Waals surface area contributed by atoms with Gasteiger partial charge < -0.3 is 5.32 Å². The minimum Gasteiger partial charge on any atom is -0.351 e. The van der Waals surface area contributed by atoms with Crippen molar-refractivity contribution in [1.82, 2.24) is 5.32 Å². The Morgan fingerprint density at radius 1 is 1.08 bits per heavy atom. The van der Waals surface area contributed by atoms with E-state index < -0.39 is 0 Å². The van der Waals surface area contributed by atoms with Crippen molar-refractivity contribution in [3.05, 3.63) is 24.3 Å². The first kappa shape index (κ1) is 6.41. The molecular formula is C11H11NO. The molecule has 1 amide bonds. The fourth-order valence-corrected chi connectivity index (χ4v) is 3.36. The number of rotatable bonds is 0. The zero-order valence-electron chi connectivity index (χ0n) is 7.18. The Bertz CT molecular complexity index is 335. The van der Waals surface area contributed by atoms with Crippen LogP contribution in [0, 0.1) is 29.6 Å². The number of carbonyl (C=O) groups is 1. The summed E-state index contributed by atoms with van der Waals surface area (Å²) in [5.74, 6) is 3.09. The van der Waals surface area contributed by atoms with Gasteiger partial charge in [-0.25, -0.2) is 0 Å². The summed E-state index contributed by atoms with van der Waals surface area (Å²) in [5.41, 5.74) is 0. The van der Waals surface area contributed by atoms with Gasteiger partial charge in [0.2, 0.25) is 5.91 Å². The Kier molecular flexibility index (Phi) is 0.859. The predicted molar refractivity (Wildman–Crippen MR) is 47.7 cm³/mol. The van der Waals surface area contributed by atoms with Crippen molar-refractivity contribution in [2.45, 2.75) is 6.04 Å². The minimum absolute atomic E-state index is 0.292. The third kappa shape index (κ3) is 0.578. The summed E-state index contributed by atoms with van der Waals surface area (Å²) in [7, 11) is 0. The van der Waals surface area contributed by atoms with E-state index in [0.717, 1.165) is 0 Å². The molecule has 1 N–H and O–H groups in total.